The van der Waals surface area contributed by atoms with Gasteiger partial charge in [0, 0.05) is 34.6 Å². The highest BCUT2D eigenvalue weighted by Crippen LogP contribution is 2.36. The van der Waals surface area contributed by atoms with Crippen LogP contribution in [0.25, 0.3) is 27.4 Å². The summed E-state index contributed by atoms with van der Waals surface area (Å²) in [5.41, 5.74) is 0.225. The number of hydrogen-bond acceptors (Lipinski definition) is 4. The van der Waals surface area contributed by atoms with Crippen molar-refractivity contribution in [3.63, 3.8) is 0 Å². The predicted molar refractivity (Wildman–Crippen MR) is 122 cm³/mol. The van der Waals surface area contributed by atoms with Crippen LogP contribution in [0.1, 0.15) is 33.6 Å². The quantitative estimate of drug-likeness (QED) is 0.476. The molecule has 0 aliphatic heterocycles. The number of hydrogen-bond donors (Lipinski definition) is 2. The summed E-state index contributed by atoms with van der Waals surface area (Å²) in [6.07, 6.45) is 6.10. The fourth-order valence-corrected chi connectivity index (χ4v) is 4.33. The van der Waals surface area contributed by atoms with E-state index in [2.05, 4.69) is 9.97 Å². The second-order valence-corrected chi connectivity index (χ2v) is 8.06. The summed E-state index contributed by atoms with van der Waals surface area (Å²) in [7, 11) is 0. The summed E-state index contributed by atoms with van der Waals surface area (Å²) in [6.45, 7) is 1.23. The molecule has 0 atom stereocenters. The van der Waals surface area contributed by atoms with E-state index in [0.717, 1.165) is 12.4 Å². The number of fused-ring (bicyclic) bond motifs is 2. The minimum Gasteiger partial charge on any atom is -0.477 e. The topological polar surface area (TPSA) is 105 Å². The number of halogens is 2. The van der Waals surface area contributed by atoms with Crippen molar-refractivity contribution in [3.05, 3.63) is 93.2 Å². The molecule has 9 heteroatoms. The largest absolute Gasteiger partial charge is 0.477 e. The van der Waals surface area contributed by atoms with Crippen molar-refractivity contribution < 1.29 is 23.5 Å². The second-order valence-electron chi connectivity index (χ2n) is 8.06. The van der Waals surface area contributed by atoms with E-state index in [1.54, 1.807) is 12.2 Å². The third kappa shape index (κ3) is 3.33. The molecular weight excluding hydrogens is 444 g/mol. The molecule has 0 spiro atoms. The fraction of sp³-hybridized carbons (Fsp3) is 0.120. The number of allylic oxidation sites excluding steroid dienone is 4. The van der Waals surface area contributed by atoms with Crippen LogP contribution in [0.4, 0.5) is 8.78 Å². The average Bonchev–Trinajstić information content (AvgIpc) is 3.08. The van der Waals surface area contributed by atoms with Crippen molar-refractivity contribution >= 4 is 39.1 Å². The summed E-state index contributed by atoms with van der Waals surface area (Å²) in [6, 6.07) is 5.06. The molecule has 170 valence electrons. The zero-order chi connectivity index (χ0) is 24.1. The van der Waals surface area contributed by atoms with Gasteiger partial charge >= 0.3 is 5.97 Å². The molecule has 2 aromatic carbocycles. The Bertz CT molecular complexity index is 1660. The summed E-state index contributed by atoms with van der Waals surface area (Å²) >= 11 is 0. The minimum atomic E-state index is -1.35. The number of Topliss-reactive ketones (excluding diaryl/α,β-unsaturated/α-hetero) is 1. The molecule has 7 nitrogen and oxygen atoms in total. The Kier molecular flexibility index (Phi) is 4.97. The predicted octanol–water partition coefficient (Wildman–Crippen LogP) is 4.12. The van der Waals surface area contributed by atoms with Crippen molar-refractivity contribution in [2.75, 3.05) is 0 Å². The van der Waals surface area contributed by atoms with Gasteiger partial charge < -0.3 is 14.7 Å². The van der Waals surface area contributed by atoms with Gasteiger partial charge in [0.2, 0.25) is 0 Å². The number of carboxylic acid groups (broad SMARTS) is 1. The molecule has 34 heavy (non-hydrogen) atoms. The Morgan fingerprint density at radius 1 is 1.15 bits per heavy atom. The second kappa shape index (κ2) is 7.87. The Morgan fingerprint density at radius 2 is 1.94 bits per heavy atom. The lowest BCUT2D eigenvalue weighted by Crippen LogP contribution is -2.15. The SMILES string of the molecule is Cc1cc2c(C3=CC=CCC3=O)c(C(=O)O)n(Cc3cc4c(=O)[nH]cnc4cc3F)c2cc1F. The van der Waals surface area contributed by atoms with Gasteiger partial charge in [-0.05, 0) is 30.7 Å². The molecule has 0 bridgehead atoms. The number of aromatic amines is 1. The molecule has 1 aliphatic rings. The lowest BCUT2D eigenvalue weighted by molar-refractivity contribution is -0.113. The van der Waals surface area contributed by atoms with Gasteiger partial charge in [-0.15, -0.1) is 0 Å². The van der Waals surface area contributed by atoms with Crippen LogP contribution in [0.2, 0.25) is 0 Å². The molecule has 2 aromatic heterocycles. The Morgan fingerprint density at radius 3 is 2.68 bits per heavy atom. The fourth-order valence-electron chi connectivity index (χ4n) is 4.33. The number of H-pyrrole nitrogens is 1. The van der Waals surface area contributed by atoms with Crippen LogP contribution in [-0.2, 0) is 11.3 Å². The average molecular weight is 461 g/mol. The number of aromatic carboxylic acids is 1. The number of benzene rings is 2. The monoisotopic (exact) mass is 461 g/mol. The molecule has 5 rings (SSSR count). The normalized spacial score (nSPS) is 13.6. The number of carbonyl (C=O) groups is 2. The van der Waals surface area contributed by atoms with E-state index in [9.17, 15) is 28.3 Å². The van der Waals surface area contributed by atoms with Crippen molar-refractivity contribution in [2.24, 2.45) is 0 Å². The van der Waals surface area contributed by atoms with E-state index < -0.39 is 23.2 Å². The van der Waals surface area contributed by atoms with E-state index in [4.69, 9.17) is 0 Å². The zero-order valence-electron chi connectivity index (χ0n) is 17.9. The maximum atomic E-state index is 15.0. The van der Waals surface area contributed by atoms with Crippen LogP contribution in [0, 0.1) is 18.6 Å². The van der Waals surface area contributed by atoms with E-state index in [1.165, 1.54) is 35.8 Å². The first-order chi connectivity index (χ1) is 16.3. The van der Waals surface area contributed by atoms with E-state index in [0.29, 0.717) is 5.39 Å². The van der Waals surface area contributed by atoms with Gasteiger partial charge in [-0.3, -0.25) is 9.59 Å². The van der Waals surface area contributed by atoms with Gasteiger partial charge in [0.25, 0.3) is 5.56 Å². The van der Waals surface area contributed by atoms with Crippen molar-refractivity contribution in [1.29, 1.82) is 0 Å². The molecule has 0 saturated heterocycles. The summed E-state index contributed by atoms with van der Waals surface area (Å²) in [5, 5.41) is 10.6. The van der Waals surface area contributed by atoms with Crippen molar-refractivity contribution in [1.82, 2.24) is 14.5 Å². The molecular formula is C25H17F2N3O4. The highest BCUT2D eigenvalue weighted by atomic mass is 19.1. The van der Waals surface area contributed by atoms with Gasteiger partial charge in [-0.2, -0.15) is 0 Å². The van der Waals surface area contributed by atoms with Crippen LogP contribution in [0.5, 0.6) is 0 Å². The number of rotatable bonds is 4. The highest BCUT2D eigenvalue weighted by molar-refractivity contribution is 6.27. The highest BCUT2D eigenvalue weighted by Gasteiger charge is 2.29. The first-order valence-electron chi connectivity index (χ1n) is 10.4. The van der Waals surface area contributed by atoms with Gasteiger partial charge in [0.1, 0.15) is 17.3 Å². The third-order valence-corrected chi connectivity index (χ3v) is 5.96. The Hall–Kier alpha value is -4.40. The standard InChI is InChI=1S/C25H17F2N3O4/c1-12-6-16-20(9-17(12)26)30(23(25(33)34)22(16)14-4-2-3-5-21(14)31)10-13-7-15-19(8-18(13)27)28-11-29-24(15)32/h2-4,6-9,11H,5,10H2,1H3,(H,33,34)(H,28,29,32). The number of carbonyl (C=O) groups excluding carboxylic acids is 1. The maximum absolute atomic E-state index is 15.0. The van der Waals surface area contributed by atoms with Crippen molar-refractivity contribution in [3.8, 4) is 0 Å². The van der Waals surface area contributed by atoms with E-state index in [-0.39, 0.29) is 63.1 Å². The van der Waals surface area contributed by atoms with E-state index >= 15 is 0 Å². The van der Waals surface area contributed by atoms with Crippen LogP contribution < -0.4 is 5.56 Å². The molecule has 1 aliphatic carbocycles. The van der Waals surface area contributed by atoms with Gasteiger partial charge in [0.15, 0.2) is 5.78 Å². The van der Waals surface area contributed by atoms with Crippen LogP contribution in [-0.4, -0.2) is 31.4 Å². The molecule has 2 heterocycles. The first kappa shape index (κ1) is 21.4. The molecule has 0 fully saturated rings. The molecule has 2 N–H and O–H groups in total. The van der Waals surface area contributed by atoms with Gasteiger partial charge in [-0.1, -0.05) is 18.2 Å². The Balaban J connectivity index is 1.83. The van der Waals surface area contributed by atoms with Crippen LogP contribution in [0.3, 0.4) is 0 Å². The summed E-state index contributed by atoms with van der Waals surface area (Å²) in [4.78, 5) is 43.7. The third-order valence-electron chi connectivity index (χ3n) is 5.96. The van der Waals surface area contributed by atoms with E-state index in [1.807, 2.05) is 0 Å². The number of aromatic nitrogens is 3. The molecule has 0 unspecified atom stereocenters. The number of nitrogens with one attached hydrogen (secondary N) is 1. The summed E-state index contributed by atoms with van der Waals surface area (Å²) in [5.74, 6) is -2.90. The van der Waals surface area contributed by atoms with Crippen LogP contribution >= 0.6 is 0 Å². The summed E-state index contributed by atoms with van der Waals surface area (Å²) < 4.78 is 30.8. The van der Waals surface area contributed by atoms with Gasteiger partial charge in [0.05, 0.1) is 29.3 Å². The lowest BCUT2D eigenvalue weighted by Gasteiger charge is -2.12. The zero-order valence-corrected chi connectivity index (χ0v) is 17.9. The molecule has 4 aromatic rings. The lowest BCUT2D eigenvalue weighted by atomic mass is 9.93. The minimum absolute atomic E-state index is 0.0155. The molecule has 0 radical (unpaired) electrons. The molecule has 0 amide bonds. The number of ketones is 1. The molecule has 0 saturated carbocycles. The van der Waals surface area contributed by atoms with Crippen molar-refractivity contribution in [2.45, 2.75) is 19.9 Å². The number of carboxylic acids is 1. The maximum Gasteiger partial charge on any atom is 0.353 e. The Labute approximate surface area is 190 Å². The van der Waals surface area contributed by atoms with Gasteiger partial charge in [-0.25, -0.2) is 18.6 Å². The van der Waals surface area contributed by atoms with Crippen LogP contribution in [0.15, 0.2) is 53.6 Å². The number of nitrogens with zero attached hydrogens (tertiary/aromatic N) is 2. The number of aryl methyl sites for hydroxylation is 1. The smallest absolute Gasteiger partial charge is 0.353 e. The first-order valence-corrected chi connectivity index (χ1v) is 10.4.